The number of thiophene rings is 1. The molecule has 4 rings (SSSR count). The van der Waals surface area contributed by atoms with Gasteiger partial charge in [-0.15, -0.1) is 11.3 Å². The predicted molar refractivity (Wildman–Crippen MR) is 100 cm³/mol. The van der Waals surface area contributed by atoms with Crippen LogP contribution in [-0.4, -0.2) is 17.1 Å². The summed E-state index contributed by atoms with van der Waals surface area (Å²) in [4.78, 5) is 11.3. The monoisotopic (exact) mass is 359 g/mol. The van der Waals surface area contributed by atoms with Crippen molar-refractivity contribution in [2.24, 2.45) is 0 Å². The van der Waals surface area contributed by atoms with E-state index in [9.17, 15) is 0 Å². The Morgan fingerprint density at radius 1 is 1.21 bits per heavy atom. The zero-order valence-electron chi connectivity index (χ0n) is 13.6. The summed E-state index contributed by atoms with van der Waals surface area (Å²) in [7, 11) is 1.67. The van der Waals surface area contributed by atoms with E-state index in [2.05, 4.69) is 28.3 Å². The van der Waals surface area contributed by atoms with E-state index in [-0.39, 0.29) is 5.28 Å². The number of aryl methyl sites for hydroxylation is 3. The Morgan fingerprint density at radius 2 is 2.04 bits per heavy atom. The maximum atomic E-state index is 6.17. The van der Waals surface area contributed by atoms with Crippen LogP contribution in [0.4, 0.5) is 11.5 Å². The van der Waals surface area contributed by atoms with E-state index in [0.717, 1.165) is 45.9 Å². The summed E-state index contributed by atoms with van der Waals surface area (Å²) >= 11 is 7.92. The third-order valence-corrected chi connectivity index (χ3v) is 5.75. The molecule has 0 atom stereocenters. The van der Waals surface area contributed by atoms with Crippen LogP contribution in [0.5, 0.6) is 5.75 Å². The lowest BCUT2D eigenvalue weighted by Crippen LogP contribution is -2.02. The van der Waals surface area contributed by atoms with E-state index >= 15 is 0 Å². The first-order valence-electron chi connectivity index (χ1n) is 8.05. The van der Waals surface area contributed by atoms with Crippen LogP contribution in [0.1, 0.15) is 28.8 Å². The highest BCUT2D eigenvalue weighted by Gasteiger charge is 2.21. The molecule has 0 fully saturated rings. The van der Waals surface area contributed by atoms with Gasteiger partial charge in [-0.05, 0) is 67.5 Å². The van der Waals surface area contributed by atoms with Gasteiger partial charge in [0.1, 0.15) is 16.4 Å². The summed E-state index contributed by atoms with van der Waals surface area (Å²) in [6.07, 6.45) is 4.67. The molecule has 2 aromatic heterocycles. The quantitative estimate of drug-likeness (QED) is 0.646. The number of aromatic nitrogens is 2. The van der Waals surface area contributed by atoms with Crippen LogP contribution >= 0.6 is 22.9 Å². The van der Waals surface area contributed by atoms with Crippen LogP contribution in [0.2, 0.25) is 5.28 Å². The third-order valence-electron chi connectivity index (χ3n) is 4.40. The number of nitrogens with one attached hydrogen (secondary N) is 1. The second-order valence-electron chi connectivity index (χ2n) is 6.06. The van der Waals surface area contributed by atoms with E-state index < -0.39 is 0 Å². The van der Waals surface area contributed by atoms with Gasteiger partial charge in [0.15, 0.2) is 0 Å². The van der Waals surface area contributed by atoms with Crippen molar-refractivity contribution in [1.82, 2.24) is 9.97 Å². The first kappa shape index (κ1) is 15.7. The molecule has 1 N–H and O–H groups in total. The highest BCUT2D eigenvalue weighted by Crippen LogP contribution is 2.40. The first-order valence-corrected chi connectivity index (χ1v) is 9.24. The number of halogens is 1. The summed E-state index contributed by atoms with van der Waals surface area (Å²) in [5.74, 6) is 1.56. The van der Waals surface area contributed by atoms with Crippen LogP contribution in [-0.2, 0) is 12.8 Å². The van der Waals surface area contributed by atoms with Crippen LogP contribution < -0.4 is 10.1 Å². The summed E-state index contributed by atoms with van der Waals surface area (Å²) in [6, 6.07) is 6.04. The molecule has 0 bridgehead atoms. The highest BCUT2D eigenvalue weighted by molar-refractivity contribution is 7.19. The van der Waals surface area contributed by atoms with Crippen molar-refractivity contribution >= 4 is 44.7 Å². The zero-order chi connectivity index (χ0) is 16.7. The van der Waals surface area contributed by atoms with Gasteiger partial charge in [-0.3, -0.25) is 0 Å². The van der Waals surface area contributed by atoms with E-state index in [1.807, 2.05) is 12.1 Å². The molecule has 0 aliphatic heterocycles. The molecule has 3 aromatic rings. The SMILES string of the molecule is COc1ccc(C)cc1Nc1nc(Cl)nc2sc3c(c12)CCCC3. The second kappa shape index (κ2) is 6.22. The Bertz CT molecular complexity index is 922. The van der Waals surface area contributed by atoms with Gasteiger partial charge >= 0.3 is 0 Å². The summed E-state index contributed by atoms with van der Waals surface area (Å²) < 4.78 is 5.47. The predicted octanol–water partition coefficient (Wildman–Crippen LogP) is 5.28. The minimum Gasteiger partial charge on any atom is -0.495 e. The van der Waals surface area contributed by atoms with E-state index in [4.69, 9.17) is 16.3 Å². The van der Waals surface area contributed by atoms with Crippen LogP contribution in [0, 0.1) is 6.92 Å². The maximum Gasteiger partial charge on any atom is 0.225 e. The lowest BCUT2D eigenvalue weighted by molar-refractivity contribution is 0.416. The van der Waals surface area contributed by atoms with Crippen LogP contribution in [0.3, 0.4) is 0 Å². The van der Waals surface area contributed by atoms with Gasteiger partial charge in [0.25, 0.3) is 0 Å². The minimum absolute atomic E-state index is 0.273. The first-order chi connectivity index (χ1) is 11.7. The van der Waals surface area contributed by atoms with Gasteiger partial charge in [-0.2, -0.15) is 4.98 Å². The molecule has 0 saturated heterocycles. The minimum atomic E-state index is 0.273. The Balaban J connectivity index is 1.87. The number of ether oxygens (including phenoxy) is 1. The molecule has 2 heterocycles. The molecule has 1 aliphatic carbocycles. The lowest BCUT2D eigenvalue weighted by Gasteiger charge is -2.14. The Kier molecular flexibility index (Phi) is 4.06. The highest BCUT2D eigenvalue weighted by atomic mass is 35.5. The van der Waals surface area contributed by atoms with E-state index in [1.54, 1.807) is 18.4 Å². The van der Waals surface area contributed by atoms with Crippen LogP contribution in [0.15, 0.2) is 18.2 Å². The molecule has 0 radical (unpaired) electrons. The Labute approximate surface area is 149 Å². The van der Waals surface area contributed by atoms with Crippen molar-refractivity contribution in [1.29, 1.82) is 0 Å². The van der Waals surface area contributed by atoms with Crippen molar-refractivity contribution in [2.75, 3.05) is 12.4 Å². The van der Waals surface area contributed by atoms with Crippen molar-refractivity contribution < 1.29 is 4.74 Å². The molecule has 0 spiro atoms. The zero-order valence-corrected chi connectivity index (χ0v) is 15.2. The number of hydrogen-bond donors (Lipinski definition) is 1. The van der Waals surface area contributed by atoms with Crippen molar-refractivity contribution in [2.45, 2.75) is 32.6 Å². The molecule has 0 saturated carbocycles. The third kappa shape index (κ3) is 2.72. The fourth-order valence-electron chi connectivity index (χ4n) is 3.27. The Hall–Kier alpha value is -1.85. The summed E-state index contributed by atoms with van der Waals surface area (Å²) in [5.41, 5.74) is 3.43. The van der Waals surface area contributed by atoms with Gasteiger partial charge in [0, 0.05) is 4.88 Å². The van der Waals surface area contributed by atoms with Crippen molar-refractivity contribution in [3.05, 3.63) is 39.5 Å². The molecule has 0 amide bonds. The largest absolute Gasteiger partial charge is 0.495 e. The number of hydrogen-bond acceptors (Lipinski definition) is 5. The summed E-state index contributed by atoms with van der Waals surface area (Å²) in [5, 5.41) is 4.82. The number of anilines is 2. The van der Waals surface area contributed by atoms with Gasteiger partial charge in [-0.1, -0.05) is 6.07 Å². The van der Waals surface area contributed by atoms with Crippen LogP contribution in [0.25, 0.3) is 10.2 Å². The summed E-state index contributed by atoms with van der Waals surface area (Å²) in [6.45, 7) is 2.06. The topological polar surface area (TPSA) is 47.0 Å². The molecule has 124 valence electrons. The van der Waals surface area contributed by atoms with Gasteiger partial charge in [0.2, 0.25) is 5.28 Å². The fraction of sp³-hybridized carbons (Fsp3) is 0.333. The molecule has 6 heteroatoms. The van der Waals surface area contributed by atoms with Gasteiger partial charge in [0.05, 0.1) is 18.2 Å². The maximum absolute atomic E-state index is 6.17. The molecule has 0 unspecified atom stereocenters. The lowest BCUT2D eigenvalue weighted by atomic mass is 9.97. The van der Waals surface area contributed by atoms with Gasteiger partial charge in [-0.25, -0.2) is 4.98 Å². The molecular formula is C18H18ClN3OS. The second-order valence-corrected chi connectivity index (χ2v) is 7.48. The Morgan fingerprint density at radius 3 is 2.88 bits per heavy atom. The smallest absolute Gasteiger partial charge is 0.225 e. The van der Waals surface area contributed by atoms with E-state index in [0.29, 0.717) is 0 Å². The molecule has 4 nitrogen and oxygen atoms in total. The fourth-order valence-corrected chi connectivity index (χ4v) is 4.75. The number of rotatable bonds is 3. The number of benzene rings is 1. The van der Waals surface area contributed by atoms with E-state index in [1.165, 1.54) is 23.3 Å². The average Bonchev–Trinajstić information content (AvgIpc) is 2.93. The molecular weight excluding hydrogens is 342 g/mol. The molecule has 1 aromatic carbocycles. The van der Waals surface area contributed by atoms with Crippen molar-refractivity contribution in [3.63, 3.8) is 0 Å². The molecule has 1 aliphatic rings. The standard InChI is InChI=1S/C18H18ClN3OS/c1-10-7-8-13(23-2)12(9-10)20-16-15-11-5-3-4-6-14(11)24-17(15)22-18(19)21-16/h7-9H,3-6H2,1-2H3,(H,20,21,22). The molecule has 24 heavy (non-hydrogen) atoms. The van der Waals surface area contributed by atoms with Crippen molar-refractivity contribution in [3.8, 4) is 5.75 Å². The number of fused-ring (bicyclic) bond motifs is 3. The normalized spacial score (nSPS) is 13.8. The number of methoxy groups -OCH3 is 1. The van der Waals surface area contributed by atoms with Gasteiger partial charge < -0.3 is 10.1 Å². The number of nitrogens with zero attached hydrogens (tertiary/aromatic N) is 2. The average molecular weight is 360 g/mol.